The molecule has 1 fully saturated rings. The topological polar surface area (TPSA) is 50.2 Å². The molecule has 3 rings (SSSR count). The Kier molecular flexibility index (Phi) is 4.68. The molecule has 2 heterocycles. The van der Waals surface area contributed by atoms with Crippen LogP contribution in [0.25, 0.3) is 0 Å². The van der Waals surface area contributed by atoms with Crippen molar-refractivity contribution in [1.82, 2.24) is 20.0 Å². The Bertz CT molecular complexity index is 648. The summed E-state index contributed by atoms with van der Waals surface area (Å²) in [5, 5.41) is 8.39. The second kappa shape index (κ2) is 6.72. The normalized spacial score (nSPS) is 17.0. The molecular formula is C17H21ClN4O. The molecule has 1 saturated heterocycles. The second-order valence-electron chi connectivity index (χ2n) is 6.02. The fourth-order valence-electron chi connectivity index (χ4n) is 3.19. The monoisotopic (exact) mass is 332 g/mol. The minimum Gasteiger partial charge on any atom is -0.339 e. The summed E-state index contributed by atoms with van der Waals surface area (Å²) in [4.78, 5) is 15.0. The molecule has 1 aliphatic rings. The van der Waals surface area contributed by atoms with Gasteiger partial charge in [0, 0.05) is 31.0 Å². The number of rotatable bonds is 4. The molecule has 0 spiro atoms. The van der Waals surface area contributed by atoms with Crippen LogP contribution in [0.2, 0.25) is 5.02 Å². The van der Waals surface area contributed by atoms with Gasteiger partial charge < -0.3 is 10.2 Å². The lowest BCUT2D eigenvalue weighted by atomic mass is 9.86. The first-order chi connectivity index (χ1) is 11.1. The highest BCUT2D eigenvalue weighted by atomic mass is 35.5. The van der Waals surface area contributed by atoms with E-state index in [1.54, 1.807) is 11.1 Å². The first-order valence-corrected chi connectivity index (χ1v) is 8.20. The van der Waals surface area contributed by atoms with Gasteiger partial charge in [-0.2, -0.15) is 5.10 Å². The van der Waals surface area contributed by atoms with Crippen LogP contribution in [0.4, 0.5) is 0 Å². The summed E-state index contributed by atoms with van der Waals surface area (Å²) in [6.07, 6.45) is 5.12. The fourth-order valence-corrected chi connectivity index (χ4v) is 3.32. The van der Waals surface area contributed by atoms with E-state index in [2.05, 4.69) is 10.4 Å². The average Bonchev–Trinajstić information content (AvgIpc) is 3.12. The van der Waals surface area contributed by atoms with Gasteiger partial charge in [0.25, 0.3) is 5.91 Å². The molecular weight excluding hydrogens is 312 g/mol. The molecule has 1 amide bonds. The molecule has 5 nitrogen and oxygen atoms in total. The van der Waals surface area contributed by atoms with Crippen molar-refractivity contribution in [3.8, 4) is 0 Å². The minimum atomic E-state index is -0.587. The molecule has 2 aromatic rings. The van der Waals surface area contributed by atoms with Crippen LogP contribution in [0.5, 0.6) is 0 Å². The van der Waals surface area contributed by atoms with Crippen LogP contribution in [-0.4, -0.2) is 40.7 Å². The highest BCUT2D eigenvalue weighted by Crippen LogP contribution is 2.29. The van der Waals surface area contributed by atoms with Gasteiger partial charge in [-0.25, -0.2) is 0 Å². The summed E-state index contributed by atoms with van der Waals surface area (Å²) in [6.45, 7) is 2.20. The molecule has 0 atom stereocenters. The minimum absolute atomic E-state index is 0.109. The van der Waals surface area contributed by atoms with Gasteiger partial charge in [0.2, 0.25) is 0 Å². The lowest BCUT2D eigenvalue weighted by molar-refractivity contribution is -0.142. The molecule has 0 unspecified atom stereocenters. The van der Waals surface area contributed by atoms with Gasteiger partial charge in [0.1, 0.15) is 5.54 Å². The molecule has 0 bridgehead atoms. The number of hydrogen-bond acceptors (Lipinski definition) is 3. The standard InChI is InChI=1S/C17H21ClN4O/c1-21(13-14-3-5-15(18)6-4-14)16(23)17(7-10-19-11-8-17)22-12-2-9-20-22/h2-6,9,12,19H,7-8,10-11,13H2,1H3. The van der Waals surface area contributed by atoms with E-state index < -0.39 is 5.54 Å². The Morgan fingerprint density at radius 2 is 2.04 bits per heavy atom. The first kappa shape index (κ1) is 16.0. The molecule has 0 aliphatic carbocycles. The number of hydrogen-bond donors (Lipinski definition) is 1. The molecule has 1 aromatic heterocycles. The molecule has 1 aliphatic heterocycles. The Balaban J connectivity index is 1.81. The van der Waals surface area contributed by atoms with Gasteiger partial charge in [0.05, 0.1) is 0 Å². The van der Waals surface area contributed by atoms with Crippen LogP contribution < -0.4 is 5.32 Å². The smallest absolute Gasteiger partial charge is 0.250 e. The number of piperidine rings is 1. The molecule has 0 saturated carbocycles. The van der Waals surface area contributed by atoms with Crippen molar-refractivity contribution in [1.29, 1.82) is 0 Å². The van der Waals surface area contributed by atoms with Gasteiger partial charge in [-0.15, -0.1) is 0 Å². The predicted octanol–water partition coefficient (Wildman–Crippen LogP) is 2.27. The van der Waals surface area contributed by atoms with Crippen molar-refractivity contribution in [2.75, 3.05) is 20.1 Å². The SMILES string of the molecule is CN(Cc1ccc(Cl)cc1)C(=O)C1(n2cccn2)CCNCC1. The highest BCUT2D eigenvalue weighted by Gasteiger charge is 2.43. The van der Waals surface area contributed by atoms with E-state index in [4.69, 9.17) is 11.6 Å². The Labute approximate surface area is 141 Å². The zero-order valence-corrected chi connectivity index (χ0v) is 14.0. The summed E-state index contributed by atoms with van der Waals surface area (Å²) in [7, 11) is 1.85. The van der Waals surface area contributed by atoms with Crippen LogP contribution in [0.15, 0.2) is 42.7 Å². The summed E-state index contributed by atoms with van der Waals surface area (Å²) < 4.78 is 1.83. The van der Waals surface area contributed by atoms with Gasteiger partial charge >= 0.3 is 0 Å². The molecule has 122 valence electrons. The number of nitrogens with one attached hydrogen (secondary N) is 1. The maximum Gasteiger partial charge on any atom is 0.250 e. The lowest BCUT2D eigenvalue weighted by Gasteiger charge is -2.39. The van der Waals surface area contributed by atoms with Crippen LogP contribution in [0.1, 0.15) is 18.4 Å². The van der Waals surface area contributed by atoms with Crippen LogP contribution >= 0.6 is 11.6 Å². The third-order valence-electron chi connectivity index (χ3n) is 4.45. The van der Waals surface area contributed by atoms with E-state index in [0.29, 0.717) is 11.6 Å². The van der Waals surface area contributed by atoms with Gasteiger partial charge in [-0.05, 0) is 49.7 Å². The second-order valence-corrected chi connectivity index (χ2v) is 6.46. The fraction of sp³-hybridized carbons (Fsp3) is 0.412. The number of benzene rings is 1. The van der Waals surface area contributed by atoms with Crippen molar-refractivity contribution >= 4 is 17.5 Å². The van der Waals surface area contributed by atoms with Crippen LogP contribution in [-0.2, 0) is 16.9 Å². The van der Waals surface area contributed by atoms with Crippen molar-refractivity contribution < 1.29 is 4.79 Å². The maximum absolute atomic E-state index is 13.2. The Morgan fingerprint density at radius 3 is 2.65 bits per heavy atom. The van der Waals surface area contributed by atoms with E-state index in [1.165, 1.54) is 0 Å². The number of amides is 1. The van der Waals surface area contributed by atoms with Crippen LogP contribution in [0.3, 0.4) is 0 Å². The van der Waals surface area contributed by atoms with E-state index in [0.717, 1.165) is 31.5 Å². The van der Waals surface area contributed by atoms with Crippen molar-refractivity contribution in [2.24, 2.45) is 0 Å². The number of nitrogens with zero attached hydrogens (tertiary/aromatic N) is 3. The third-order valence-corrected chi connectivity index (χ3v) is 4.70. The number of halogens is 1. The maximum atomic E-state index is 13.2. The van der Waals surface area contributed by atoms with Crippen molar-refractivity contribution in [2.45, 2.75) is 24.9 Å². The third kappa shape index (κ3) is 3.26. The van der Waals surface area contributed by atoms with Gasteiger partial charge in [-0.3, -0.25) is 9.48 Å². The molecule has 1 aromatic carbocycles. The number of carbonyl (C=O) groups is 1. The van der Waals surface area contributed by atoms with E-state index in [9.17, 15) is 4.79 Å². The largest absolute Gasteiger partial charge is 0.339 e. The first-order valence-electron chi connectivity index (χ1n) is 7.83. The number of likely N-dealkylation sites (N-methyl/N-ethyl adjacent to an activating group) is 1. The zero-order valence-electron chi connectivity index (χ0n) is 13.2. The average molecular weight is 333 g/mol. The van der Waals surface area contributed by atoms with Crippen LogP contribution in [0, 0.1) is 0 Å². The summed E-state index contributed by atoms with van der Waals surface area (Å²) in [5.74, 6) is 0.109. The predicted molar refractivity (Wildman–Crippen MR) is 90.2 cm³/mol. The zero-order chi connectivity index (χ0) is 16.3. The summed E-state index contributed by atoms with van der Waals surface area (Å²) >= 11 is 5.92. The Morgan fingerprint density at radius 1 is 1.35 bits per heavy atom. The lowest BCUT2D eigenvalue weighted by Crippen LogP contribution is -2.54. The van der Waals surface area contributed by atoms with Gasteiger partial charge in [0.15, 0.2) is 0 Å². The van der Waals surface area contributed by atoms with E-state index >= 15 is 0 Å². The van der Waals surface area contributed by atoms with Crippen molar-refractivity contribution in [3.63, 3.8) is 0 Å². The van der Waals surface area contributed by atoms with Crippen molar-refractivity contribution in [3.05, 3.63) is 53.3 Å². The quantitative estimate of drug-likeness (QED) is 0.934. The summed E-state index contributed by atoms with van der Waals surface area (Å²) in [5.41, 5.74) is 0.477. The number of aromatic nitrogens is 2. The molecule has 6 heteroatoms. The molecule has 23 heavy (non-hydrogen) atoms. The number of carbonyl (C=O) groups excluding carboxylic acids is 1. The molecule has 1 N–H and O–H groups in total. The highest BCUT2D eigenvalue weighted by molar-refractivity contribution is 6.30. The molecule has 0 radical (unpaired) electrons. The van der Waals surface area contributed by atoms with Gasteiger partial charge in [-0.1, -0.05) is 23.7 Å². The Hall–Kier alpha value is -1.85. The van der Waals surface area contributed by atoms with E-state index in [1.807, 2.05) is 48.3 Å². The van der Waals surface area contributed by atoms with E-state index in [-0.39, 0.29) is 5.91 Å². The summed E-state index contributed by atoms with van der Waals surface area (Å²) in [6, 6.07) is 9.48.